The standard InChI is InChI=1S/C15H12N4O5/c1-10-17-14(24-18-10)9-22-11-4-6-12(7-5-11)23-15-13(19(20)21)3-2-8-16-15/h2-8H,9H2,1H3. The molecule has 9 heteroatoms. The van der Waals surface area contributed by atoms with Gasteiger partial charge in [-0.05, 0) is 37.3 Å². The van der Waals surface area contributed by atoms with Crippen LogP contribution < -0.4 is 9.47 Å². The van der Waals surface area contributed by atoms with Crippen molar-refractivity contribution in [2.24, 2.45) is 0 Å². The highest BCUT2D eigenvalue weighted by Gasteiger charge is 2.16. The van der Waals surface area contributed by atoms with Gasteiger partial charge in [0.2, 0.25) is 0 Å². The molecule has 0 unspecified atom stereocenters. The SMILES string of the molecule is Cc1noc(COc2ccc(Oc3ncccc3[N+](=O)[O-])cc2)n1. The van der Waals surface area contributed by atoms with Crippen molar-refractivity contribution in [2.75, 3.05) is 0 Å². The zero-order valence-electron chi connectivity index (χ0n) is 12.6. The molecule has 3 aromatic rings. The van der Waals surface area contributed by atoms with E-state index in [9.17, 15) is 10.1 Å². The Balaban J connectivity index is 1.65. The molecule has 9 nitrogen and oxygen atoms in total. The number of ether oxygens (including phenoxy) is 2. The van der Waals surface area contributed by atoms with Gasteiger partial charge in [0.15, 0.2) is 12.4 Å². The Labute approximate surface area is 136 Å². The van der Waals surface area contributed by atoms with Crippen molar-refractivity contribution in [3.05, 3.63) is 64.4 Å². The van der Waals surface area contributed by atoms with Crippen molar-refractivity contribution in [2.45, 2.75) is 13.5 Å². The Hall–Kier alpha value is -3.49. The average Bonchev–Trinajstić information content (AvgIpc) is 3.00. The summed E-state index contributed by atoms with van der Waals surface area (Å²) in [6, 6.07) is 9.35. The third kappa shape index (κ3) is 3.64. The zero-order valence-corrected chi connectivity index (χ0v) is 12.6. The maximum absolute atomic E-state index is 10.9. The molecule has 0 aliphatic heterocycles. The van der Waals surface area contributed by atoms with E-state index in [0.29, 0.717) is 23.2 Å². The molecule has 0 aliphatic carbocycles. The number of hydrogen-bond donors (Lipinski definition) is 0. The second kappa shape index (κ2) is 6.73. The van der Waals surface area contributed by atoms with E-state index in [1.54, 1.807) is 31.2 Å². The Bertz CT molecular complexity index is 847. The highest BCUT2D eigenvalue weighted by atomic mass is 16.6. The van der Waals surface area contributed by atoms with Gasteiger partial charge >= 0.3 is 5.69 Å². The second-order valence-electron chi connectivity index (χ2n) is 4.68. The molecule has 0 atom stereocenters. The largest absolute Gasteiger partial charge is 0.484 e. The Kier molecular flexibility index (Phi) is 4.32. The fourth-order valence-electron chi connectivity index (χ4n) is 1.86. The quantitative estimate of drug-likeness (QED) is 0.501. The van der Waals surface area contributed by atoms with E-state index in [4.69, 9.17) is 14.0 Å². The van der Waals surface area contributed by atoms with Crippen molar-refractivity contribution < 1.29 is 18.9 Å². The van der Waals surface area contributed by atoms with E-state index in [1.807, 2.05) is 0 Å². The van der Waals surface area contributed by atoms with Gasteiger partial charge < -0.3 is 14.0 Å². The van der Waals surface area contributed by atoms with Crippen LogP contribution in [0.4, 0.5) is 5.69 Å². The highest BCUT2D eigenvalue weighted by molar-refractivity contribution is 5.43. The first-order chi connectivity index (χ1) is 11.6. The molecule has 2 heterocycles. The van der Waals surface area contributed by atoms with E-state index >= 15 is 0 Å². The first-order valence-corrected chi connectivity index (χ1v) is 6.91. The van der Waals surface area contributed by atoms with E-state index < -0.39 is 4.92 Å². The highest BCUT2D eigenvalue weighted by Crippen LogP contribution is 2.29. The molecule has 0 aliphatic rings. The molecule has 0 saturated carbocycles. The summed E-state index contributed by atoms with van der Waals surface area (Å²) in [5.74, 6) is 1.80. The fourth-order valence-corrected chi connectivity index (χ4v) is 1.86. The van der Waals surface area contributed by atoms with E-state index in [-0.39, 0.29) is 18.2 Å². The normalized spacial score (nSPS) is 10.4. The molecular formula is C15H12N4O5. The summed E-state index contributed by atoms with van der Waals surface area (Å²) < 4.78 is 15.9. The summed E-state index contributed by atoms with van der Waals surface area (Å²) in [4.78, 5) is 18.3. The number of benzene rings is 1. The summed E-state index contributed by atoms with van der Waals surface area (Å²) in [5, 5.41) is 14.6. The summed E-state index contributed by atoms with van der Waals surface area (Å²) >= 11 is 0. The van der Waals surface area contributed by atoms with Gasteiger partial charge in [-0.3, -0.25) is 10.1 Å². The number of nitrogens with zero attached hydrogens (tertiary/aromatic N) is 4. The van der Waals surface area contributed by atoms with Crippen LogP contribution >= 0.6 is 0 Å². The lowest BCUT2D eigenvalue weighted by atomic mass is 10.3. The maximum Gasteiger partial charge on any atom is 0.331 e. The third-order valence-corrected chi connectivity index (χ3v) is 2.92. The van der Waals surface area contributed by atoms with Gasteiger partial charge in [-0.25, -0.2) is 4.98 Å². The van der Waals surface area contributed by atoms with Gasteiger partial charge in [-0.2, -0.15) is 4.98 Å². The molecular weight excluding hydrogens is 316 g/mol. The van der Waals surface area contributed by atoms with Crippen molar-refractivity contribution in [3.8, 4) is 17.4 Å². The molecule has 0 bridgehead atoms. The van der Waals surface area contributed by atoms with Gasteiger partial charge in [0, 0.05) is 12.3 Å². The van der Waals surface area contributed by atoms with Crippen LogP contribution in [-0.2, 0) is 6.61 Å². The van der Waals surface area contributed by atoms with Crippen molar-refractivity contribution in [3.63, 3.8) is 0 Å². The monoisotopic (exact) mass is 328 g/mol. The Morgan fingerprint density at radius 1 is 1.21 bits per heavy atom. The number of pyridine rings is 1. The average molecular weight is 328 g/mol. The molecule has 0 spiro atoms. The third-order valence-electron chi connectivity index (χ3n) is 2.92. The first-order valence-electron chi connectivity index (χ1n) is 6.91. The van der Waals surface area contributed by atoms with Crippen LogP contribution in [0.5, 0.6) is 17.4 Å². The number of nitro groups is 1. The second-order valence-corrected chi connectivity index (χ2v) is 4.68. The van der Waals surface area contributed by atoms with Crippen LogP contribution in [-0.4, -0.2) is 20.0 Å². The van der Waals surface area contributed by atoms with E-state index in [2.05, 4.69) is 15.1 Å². The van der Waals surface area contributed by atoms with Crippen molar-refractivity contribution in [1.82, 2.24) is 15.1 Å². The van der Waals surface area contributed by atoms with Gasteiger partial charge in [0.1, 0.15) is 11.5 Å². The maximum atomic E-state index is 10.9. The molecule has 3 rings (SSSR count). The molecule has 0 N–H and O–H groups in total. The lowest BCUT2D eigenvalue weighted by Gasteiger charge is -2.06. The molecule has 0 fully saturated rings. The van der Waals surface area contributed by atoms with E-state index in [1.165, 1.54) is 18.3 Å². The van der Waals surface area contributed by atoms with Crippen LogP contribution in [0.2, 0.25) is 0 Å². The smallest absolute Gasteiger partial charge is 0.331 e. The van der Waals surface area contributed by atoms with Crippen LogP contribution in [0, 0.1) is 17.0 Å². The minimum absolute atomic E-state index is 0.0718. The molecule has 0 saturated heterocycles. The lowest BCUT2D eigenvalue weighted by molar-refractivity contribution is -0.386. The minimum Gasteiger partial charge on any atom is -0.484 e. The van der Waals surface area contributed by atoms with Crippen molar-refractivity contribution in [1.29, 1.82) is 0 Å². The van der Waals surface area contributed by atoms with Crippen LogP contribution in [0.15, 0.2) is 47.1 Å². The predicted octanol–water partition coefficient (Wildman–Crippen LogP) is 3.05. The van der Waals surface area contributed by atoms with E-state index in [0.717, 1.165) is 0 Å². The van der Waals surface area contributed by atoms with Gasteiger partial charge in [0.25, 0.3) is 11.8 Å². The number of aromatic nitrogens is 3. The van der Waals surface area contributed by atoms with Gasteiger partial charge in [0.05, 0.1) is 4.92 Å². The number of rotatable bonds is 6. The number of aryl methyl sites for hydroxylation is 1. The summed E-state index contributed by atoms with van der Waals surface area (Å²) in [7, 11) is 0. The molecule has 0 amide bonds. The molecule has 0 radical (unpaired) electrons. The van der Waals surface area contributed by atoms with Gasteiger partial charge in [-0.15, -0.1) is 0 Å². The minimum atomic E-state index is -0.549. The topological polar surface area (TPSA) is 113 Å². The zero-order chi connectivity index (χ0) is 16.9. The predicted molar refractivity (Wildman–Crippen MR) is 80.8 cm³/mol. The molecule has 122 valence electrons. The van der Waals surface area contributed by atoms with Crippen molar-refractivity contribution >= 4 is 5.69 Å². The number of hydrogen-bond acceptors (Lipinski definition) is 8. The van der Waals surface area contributed by atoms with Crippen LogP contribution in [0.1, 0.15) is 11.7 Å². The summed E-state index contributed by atoms with van der Waals surface area (Å²) in [5.41, 5.74) is -0.204. The molecule has 2 aromatic heterocycles. The molecule has 24 heavy (non-hydrogen) atoms. The molecule has 1 aromatic carbocycles. The fraction of sp³-hybridized carbons (Fsp3) is 0.133. The van der Waals surface area contributed by atoms with Gasteiger partial charge in [-0.1, -0.05) is 5.16 Å². The lowest BCUT2D eigenvalue weighted by Crippen LogP contribution is -1.97. The van der Waals surface area contributed by atoms with Crippen LogP contribution in [0.25, 0.3) is 0 Å². The Morgan fingerprint density at radius 3 is 2.62 bits per heavy atom. The first kappa shape index (κ1) is 15.4. The summed E-state index contributed by atoms with van der Waals surface area (Å²) in [6.45, 7) is 1.86. The summed E-state index contributed by atoms with van der Waals surface area (Å²) in [6.07, 6.45) is 1.42. The van der Waals surface area contributed by atoms with Crippen LogP contribution in [0.3, 0.4) is 0 Å². The Morgan fingerprint density at radius 2 is 1.96 bits per heavy atom.